The predicted octanol–water partition coefficient (Wildman–Crippen LogP) is 2.74. The summed E-state index contributed by atoms with van der Waals surface area (Å²) in [5, 5.41) is 4.77. The number of hydrogen-bond acceptors (Lipinski definition) is 5. The summed E-state index contributed by atoms with van der Waals surface area (Å²) in [5.74, 6) is -0.234. The molecule has 0 aromatic heterocycles. The molecule has 0 saturated carbocycles. The second-order valence-electron chi connectivity index (χ2n) is 5.41. The molecule has 1 N–H and O–H groups in total. The zero-order valence-corrected chi connectivity index (χ0v) is 14.3. The van der Waals surface area contributed by atoms with Crippen LogP contribution in [0.4, 0.5) is 5.69 Å². The Balaban J connectivity index is 2.21. The molecule has 1 saturated heterocycles. The van der Waals surface area contributed by atoms with Gasteiger partial charge in [-0.15, -0.1) is 5.10 Å². The monoisotopic (exact) mass is 339 g/mol. The molecule has 1 aromatic carbocycles. The van der Waals surface area contributed by atoms with E-state index in [1.165, 1.54) is 0 Å². The maximum absolute atomic E-state index is 12.3. The Morgan fingerprint density at radius 2 is 2.04 bits per heavy atom. The zero-order chi connectivity index (χ0) is 16.8. The lowest BCUT2D eigenvalue weighted by Gasteiger charge is -2.36. The van der Waals surface area contributed by atoms with Gasteiger partial charge in [0.05, 0.1) is 29.5 Å². The number of esters is 1. The third kappa shape index (κ3) is 4.84. The van der Waals surface area contributed by atoms with Crippen LogP contribution in [0.25, 0.3) is 0 Å². The van der Waals surface area contributed by atoms with Gasteiger partial charge in [0, 0.05) is 13.1 Å². The lowest BCUT2D eigenvalue weighted by molar-refractivity contribution is -0.136. The van der Waals surface area contributed by atoms with Crippen LogP contribution in [0.2, 0.25) is 5.02 Å². The number of hydrogen-bond donors (Lipinski definition) is 1. The number of ether oxygens (including phenoxy) is 2. The van der Waals surface area contributed by atoms with Crippen LogP contribution in [-0.2, 0) is 14.3 Å². The Morgan fingerprint density at radius 3 is 2.65 bits per heavy atom. The SMILES string of the molecule is CCOC(=O)/C(=N/Nc1ccccc1Cl)N1C[C@H](C)O[C@@H](C)C1. The molecule has 23 heavy (non-hydrogen) atoms. The average molecular weight is 340 g/mol. The van der Waals surface area contributed by atoms with Crippen LogP contribution >= 0.6 is 11.6 Å². The Kier molecular flexibility index (Phi) is 6.24. The van der Waals surface area contributed by atoms with Crippen molar-refractivity contribution in [3.63, 3.8) is 0 Å². The fourth-order valence-corrected chi connectivity index (χ4v) is 2.63. The predicted molar refractivity (Wildman–Crippen MR) is 90.7 cm³/mol. The highest BCUT2D eigenvalue weighted by atomic mass is 35.5. The highest BCUT2D eigenvalue weighted by molar-refractivity contribution is 6.35. The van der Waals surface area contributed by atoms with Gasteiger partial charge in [0.2, 0.25) is 5.84 Å². The molecule has 0 spiro atoms. The highest BCUT2D eigenvalue weighted by Gasteiger charge is 2.29. The fraction of sp³-hybridized carbons (Fsp3) is 0.500. The minimum absolute atomic E-state index is 0.0127. The van der Waals surface area contributed by atoms with E-state index in [0.29, 0.717) is 30.4 Å². The van der Waals surface area contributed by atoms with Gasteiger partial charge in [-0.25, -0.2) is 4.79 Å². The summed E-state index contributed by atoms with van der Waals surface area (Å²) in [6.45, 7) is 7.14. The number of rotatable bonds is 3. The fourth-order valence-electron chi connectivity index (χ4n) is 2.46. The van der Waals surface area contributed by atoms with E-state index >= 15 is 0 Å². The third-order valence-corrected chi connectivity index (χ3v) is 3.66. The molecule has 2 rings (SSSR count). The normalized spacial score (nSPS) is 21.9. The molecule has 1 aliphatic rings. The van der Waals surface area contributed by atoms with E-state index in [9.17, 15) is 4.79 Å². The van der Waals surface area contributed by atoms with E-state index < -0.39 is 5.97 Å². The number of anilines is 1. The Bertz CT molecular complexity index is 569. The lowest BCUT2D eigenvalue weighted by atomic mass is 10.2. The number of nitrogens with one attached hydrogen (secondary N) is 1. The lowest BCUT2D eigenvalue weighted by Crippen LogP contribution is -2.51. The summed E-state index contributed by atoms with van der Waals surface area (Å²) in [5.41, 5.74) is 3.48. The van der Waals surface area contributed by atoms with Gasteiger partial charge in [0.15, 0.2) is 0 Å². The van der Waals surface area contributed by atoms with Gasteiger partial charge in [0.1, 0.15) is 0 Å². The molecule has 1 fully saturated rings. The molecule has 7 heteroatoms. The Labute approximate surface area is 141 Å². The van der Waals surface area contributed by atoms with Crippen molar-refractivity contribution in [3.05, 3.63) is 29.3 Å². The molecule has 126 valence electrons. The first-order chi connectivity index (χ1) is 11.0. The van der Waals surface area contributed by atoms with E-state index in [0.717, 1.165) is 0 Å². The van der Waals surface area contributed by atoms with Gasteiger partial charge in [-0.05, 0) is 32.9 Å². The van der Waals surface area contributed by atoms with Crippen molar-refractivity contribution in [1.82, 2.24) is 4.90 Å². The minimum Gasteiger partial charge on any atom is -0.460 e. The number of hydrazone groups is 1. The number of nitrogens with zero attached hydrogens (tertiary/aromatic N) is 2. The Morgan fingerprint density at radius 1 is 1.39 bits per heavy atom. The number of carbonyl (C=O) groups is 1. The average Bonchev–Trinajstić information content (AvgIpc) is 2.48. The van der Waals surface area contributed by atoms with Crippen molar-refractivity contribution in [3.8, 4) is 0 Å². The van der Waals surface area contributed by atoms with Crippen LogP contribution < -0.4 is 5.43 Å². The second-order valence-corrected chi connectivity index (χ2v) is 5.82. The number of para-hydroxylation sites is 1. The number of amidine groups is 1. The van der Waals surface area contributed by atoms with E-state index in [1.54, 1.807) is 19.1 Å². The highest BCUT2D eigenvalue weighted by Crippen LogP contribution is 2.20. The van der Waals surface area contributed by atoms with Crippen LogP contribution in [-0.4, -0.2) is 48.6 Å². The van der Waals surface area contributed by atoms with Gasteiger partial charge in [-0.1, -0.05) is 23.7 Å². The molecule has 0 radical (unpaired) electrons. The molecule has 1 aromatic rings. The van der Waals surface area contributed by atoms with Crippen molar-refractivity contribution in [2.45, 2.75) is 33.0 Å². The number of morpholine rings is 1. The molecular weight excluding hydrogens is 318 g/mol. The van der Waals surface area contributed by atoms with Crippen LogP contribution in [0, 0.1) is 0 Å². The van der Waals surface area contributed by atoms with Crippen LogP contribution in [0.5, 0.6) is 0 Å². The first-order valence-electron chi connectivity index (χ1n) is 7.67. The molecule has 0 aliphatic carbocycles. The number of carbonyl (C=O) groups excluding carboxylic acids is 1. The van der Waals surface area contributed by atoms with Crippen molar-refractivity contribution < 1.29 is 14.3 Å². The van der Waals surface area contributed by atoms with E-state index in [2.05, 4.69) is 10.5 Å². The molecule has 0 unspecified atom stereocenters. The largest absolute Gasteiger partial charge is 0.460 e. The summed E-state index contributed by atoms with van der Waals surface area (Å²) in [6.07, 6.45) is 0.0254. The summed E-state index contributed by atoms with van der Waals surface area (Å²) in [6, 6.07) is 7.21. The third-order valence-electron chi connectivity index (χ3n) is 3.33. The van der Waals surface area contributed by atoms with Crippen LogP contribution in [0.3, 0.4) is 0 Å². The second kappa shape index (κ2) is 8.17. The summed E-state index contributed by atoms with van der Waals surface area (Å²) >= 11 is 6.10. The summed E-state index contributed by atoms with van der Waals surface area (Å²) < 4.78 is 10.8. The number of halogens is 1. The molecular formula is C16H22ClN3O3. The summed E-state index contributed by atoms with van der Waals surface area (Å²) in [7, 11) is 0. The van der Waals surface area contributed by atoms with Crippen molar-refractivity contribution in [2.24, 2.45) is 5.10 Å². The van der Waals surface area contributed by atoms with Crippen LogP contribution in [0.15, 0.2) is 29.4 Å². The molecule has 6 nitrogen and oxygen atoms in total. The minimum atomic E-state index is -0.464. The van der Waals surface area contributed by atoms with Crippen LogP contribution in [0.1, 0.15) is 20.8 Å². The smallest absolute Gasteiger partial charge is 0.375 e. The molecule has 2 atom stereocenters. The van der Waals surface area contributed by atoms with Gasteiger partial charge in [-0.3, -0.25) is 5.43 Å². The van der Waals surface area contributed by atoms with Gasteiger partial charge >= 0.3 is 5.97 Å². The topological polar surface area (TPSA) is 63.2 Å². The maximum atomic E-state index is 12.3. The van der Waals surface area contributed by atoms with Crippen molar-refractivity contribution in [2.75, 3.05) is 25.1 Å². The van der Waals surface area contributed by atoms with E-state index in [-0.39, 0.29) is 18.0 Å². The quantitative estimate of drug-likeness (QED) is 0.397. The van der Waals surface area contributed by atoms with Gasteiger partial charge in [0.25, 0.3) is 0 Å². The molecule has 1 heterocycles. The molecule has 1 aliphatic heterocycles. The van der Waals surface area contributed by atoms with E-state index in [4.69, 9.17) is 21.1 Å². The Hall–Kier alpha value is -1.79. The summed E-state index contributed by atoms with van der Waals surface area (Å²) in [4.78, 5) is 14.1. The van der Waals surface area contributed by atoms with Gasteiger partial charge in [-0.2, -0.15) is 0 Å². The van der Waals surface area contributed by atoms with E-state index in [1.807, 2.05) is 30.9 Å². The zero-order valence-electron chi connectivity index (χ0n) is 13.6. The van der Waals surface area contributed by atoms with Crippen molar-refractivity contribution >= 4 is 29.1 Å². The molecule has 0 amide bonds. The standard InChI is InChI=1S/C16H22ClN3O3/c1-4-22-16(21)15(20-9-11(2)23-12(3)10-20)19-18-14-8-6-5-7-13(14)17/h5-8,11-12,18H,4,9-10H2,1-3H3/b19-15-/t11-,12-/m0/s1. The maximum Gasteiger partial charge on any atom is 0.375 e. The molecule has 0 bridgehead atoms. The first-order valence-corrected chi connectivity index (χ1v) is 8.04. The first kappa shape index (κ1) is 17.6. The van der Waals surface area contributed by atoms with Gasteiger partial charge < -0.3 is 14.4 Å². The van der Waals surface area contributed by atoms with Crippen molar-refractivity contribution in [1.29, 1.82) is 0 Å². The number of benzene rings is 1.